The van der Waals surface area contributed by atoms with Gasteiger partial charge in [0.25, 0.3) is 0 Å². The van der Waals surface area contributed by atoms with E-state index in [1.54, 1.807) is 0 Å². The summed E-state index contributed by atoms with van der Waals surface area (Å²) in [4.78, 5) is 11.3. The molecule has 7 nitrogen and oxygen atoms in total. The summed E-state index contributed by atoms with van der Waals surface area (Å²) in [7, 11) is 9.59. The molecule has 5 atom stereocenters. The van der Waals surface area contributed by atoms with Crippen LogP contribution < -0.4 is 26.6 Å². The van der Waals surface area contributed by atoms with Crippen LogP contribution in [-0.2, 0) is 22.7 Å². The standard InChI is InChI=1S/C21H41N5O2.2ClH.Mn/c1-16(27)28-15-17-14-26-21-9-5-4-8-20(21)25-13-12-24-19-7-3-2-6-18(19)23-11-10-22-17;;;/h17-26H,2-15H2,1H3;2*1H;/q;;;+2/p-2/t17-,18-,19-,20-,21-;;;/m1.../s1. The number of ether oxygens (including phenoxy) is 1. The fourth-order valence-corrected chi connectivity index (χ4v) is 4.99. The van der Waals surface area contributed by atoms with Crippen molar-refractivity contribution in [3.8, 4) is 0 Å². The molecule has 31 heavy (non-hydrogen) atoms. The molecule has 3 aliphatic rings. The van der Waals surface area contributed by atoms with Gasteiger partial charge in [0.05, 0.1) is 6.04 Å². The molecule has 0 amide bonds. The van der Waals surface area contributed by atoms with Crippen LogP contribution in [0.4, 0.5) is 0 Å². The Morgan fingerprint density at radius 2 is 1.16 bits per heavy atom. The molecule has 0 unspecified atom stereocenters. The van der Waals surface area contributed by atoms with Crippen molar-refractivity contribution in [1.82, 2.24) is 26.6 Å². The van der Waals surface area contributed by atoms with Crippen molar-refractivity contribution < 1.29 is 22.7 Å². The third kappa shape index (κ3) is 11.4. The first-order valence-electron chi connectivity index (χ1n) is 11.8. The summed E-state index contributed by atoms with van der Waals surface area (Å²) in [6.45, 7) is 6.66. The minimum atomic E-state index is -0.204. The summed E-state index contributed by atoms with van der Waals surface area (Å²) >= 11 is 0.00694. The molecule has 0 bridgehead atoms. The van der Waals surface area contributed by atoms with Crippen LogP contribution in [0.15, 0.2) is 0 Å². The quantitative estimate of drug-likeness (QED) is 0.280. The SMILES string of the molecule is CC(=O)OC[C@H]1CN[C@@H]2CCCC[C@H]2NCCN[C@@H]2CCCC[C@H]2NCCN1.[Cl][Mn][Cl]. The van der Waals surface area contributed by atoms with E-state index in [9.17, 15) is 4.79 Å². The topological polar surface area (TPSA) is 86.5 Å². The molecule has 3 rings (SSSR count). The number of halogens is 2. The van der Waals surface area contributed by atoms with Gasteiger partial charge in [-0.3, -0.25) is 4.79 Å². The number of nitrogens with one attached hydrogen (secondary N) is 5. The predicted molar refractivity (Wildman–Crippen MR) is 124 cm³/mol. The maximum atomic E-state index is 11.3. The molecule has 2 saturated carbocycles. The summed E-state index contributed by atoms with van der Waals surface area (Å²) in [6, 6.07) is 2.33. The zero-order valence-corrected chi connectivity index (χ0v) is 21.4. The molecule has 1 heterocycles. The Morgan fingerprint density at radius 3 is 1.58 bits per heavy atom. The fraction of sp³-hybridized carbons (Fsp3) is 0.952. The zero-order chi connectivity index (χ0) is 22.3. The predicted octanol–water partition coefficient (Wildman–Crippen LogP) is 1.88. The van der Waals surface area contributed by atoms with Gasteiger partial charge in [0.1, 0.15) is 6.61 Å². The number of rotatable bonds is 2. The number of esters is 1. The first-order valence-corrected chi connectivity index (χ1v) is 15.1. The summed E-state index contributed by atoms with van der Waals surface area (Å²) in [5.74, 6) is -0.204. The molecule has 0 aromatic carbocycles. The van der Waals surface area contributed by atoms with E-state index in [1.165, 1.54) is 58.3 Å². The van der Waals surface area contributed by atoms with Crippen LogP contribution in [0.25, 0.3) is 0 Å². The number of carbonyl (C=O) groups excluding carboxylic acids is 1. The molecule has 0 aromatic heterocycles. The van der Waals surface area contributed by atoms with Gasteiger partial charge in [-0.1, -0.05) is 25.7 Å². The summed E-state index contributed by atoms with van der Waals surface area (Å²) < 4.78 is 5.30. The van der Waals surface area contributed by atoms with Crippen LogP contribution in [0, 0.1) is 0 Å². The molecule has 183 valence electrons. The first-order chi connectivity index (χ1) is 15.1. The second-order valence-electron chi connectivity index (χ2n) is 8.77. The van der Waals surface area contributed by atoms with E-state index < -0.39 is 0 Å². The molecule has 0 radical (unpaired) electrons. The maximum absolute atomic E-state index is 11.3. The van der Waals surface area contributed by atoms with Gasteiger partial charge in [-0.25, -0.2) is 0 Å². The second-order valence-corrected chi connectivity index (χ2v) is 10.7. The van der Waals surface area contributed by atoms with Gasteiger partial charge in [0, 0.05) is 63.8 Å². The normalized spacial score (nSPS) is 33.3. The van der Waals surface area contributed by atoms with Crippen molar-refractivity contribution in [3.05, 3.63) is 0 Å². The van der Waals surface area contributed by atoms with E-state index in [0.717, 1.165) is 32.7 Å². The van der Waals surface area contributed by atoms with Gasteiger partial charge in [0.2, 0.25) is 0 Å². The summed E-state index contributed by atoms with van der Waals surface area (Å²) in [6.07, 6.45) is 10.3. The molecule has 1 saturated heterocycles. The molecule has 1 aliphatic heterocycles. The number of carbonyl (C=O) groups is 1. The van der Waals surface area contributed by atoms with Crippen LogP contribution in [-0.4, -0.2) is 75.5 Å². The molecule has 0 aromatic rings. The average molecular weight is 521 g/mol. The van der Waals surface area contributed by atoms with Gasteiger partial charge < -0.3 is 31.3 Å². The van der Waals surface area contributed by atoms with Crippen LogP contribution in [0.2, 0.25) is 0 Å². The van der Waals surface area contributed by atoms with Crippen LogP contribution in [0.3, 0.4) is 0 Å². The Labute approximate surface area is 202 Å². The first kappa shape index (κ1) is 27.6. The van der Waals surface area contributed by atoms with E-state index in [-0.39, 0.29) is 25.1 Å². The zero-order valence-electron chi connectivity index (χ0n) is 18.7. The van der Waals surface area contributed by atoms with Crippen molar-refractivity contribution in [2.45, 2.75) is 88.5 Å². The average Bonchev–Trinajstić information content (AvgIpc) is 2.77. The van der Waals surface area contributed by atoms with Gasteiger partial charge in [-0.15, -0.1) is 0 Å². The minimum absolute atomic E-state index is 0.00694. The molecule has 10 heteroatoms. The molecule has 3 fully saturated rings. The van der Waals surface area contributed by atoms with Crippen molar-refractivity contribution in [1.29, 1.82) is 0 Å². The van der Waals surface area contributed by atoms with Gasteiger partial charge in [-0.2, -0.15) is 0 Å². The third-order valence-electron chi connectivity index (χ3n) is 6.55. The molecular formula is C21H41Cl2MnN5O2. The molecule has 0 spiro atoms. The van der Waals surface area contributed by atoms with Crippen molar-refractivity contribution >= 4 is 26.2 Å². The van der Waals surface area contributed by atoms with Gasteiger partial charge in [0.15, 0.2) is 0 Å². The number of hydrogen-bond donors (Lipinski definition) is 5. The van der Waals surface area contributed by atoms with Crippen LogP contribution in [0.1, 0.15) is 58.3 Å². The summed E-state index contributed by atoms with van der Waals surface area (Å²) in [5.41, 5.74) is 0. The monoisotopic (exact) mass is 520 g/mol. The van der Waals surface area contributed by atoms with E-state index in [2.05, 4.69) is 26.6 Å². The van der Waals surface area contributed by atoms with E-state index >= 15 is 0 Å². The molecular weight excluding hydrogens is 480 g/mol. The van der Waals surface area contributed by atoms with Gasteiger partial charge >= 0.3 is 39.3 Å². The van der Waals surface area contributed by atoms with Crippen LogP contribution in [0.5, 0.6) is 0 Å². The van der Waals surface area contributed by atoms with Crippen molar-refractivity contribution in [2.24, 2.45) is 0 Å². The Kier molecular flexibility index (Phi) is 15.1. The Balaban J connectivity index is 0.00000107. The van der Waals surface area contributed by atoms with Crippen molar-refractivity contribution in [2.75, 3.05) is 39.3 Å². The Bertz CT molecular complexity index is 495. The fourth-order valence-electron chi connectivity index (χ4n) is 4.99. The van der Waals surface area contributed by atoms with Crippen LogP contribution >= 0.6 is 20.2 Å². The third-order valence-corrected chi connectivity index (χ3v) is 6.55. The van der Waals surface area contributed by atoms with E-state index in [1.807, 2.05) is 0 Å². The number of fused-ring (bicyclic) bond motifs is 2. The number of hydrogen-bond acceptors (Lipinski definition) is 7. The molecule has 5 N–H and O–H groups in total. The van der Waals surface area contributed by atoms with Gasteiger partial charge in [-0.05, 0) is 25.7 Å². The van der Waals surface area contributed by atoms with Crippen molar-refractivity contribution in [3.63, 3.8) is 0 Å². The van der Waals surface area contributed by atoms with E-state index in [4.69, 9.17) is 24.9 Å². The molecule has 2 aliphatic carbocycles. The second kappa shape index (κ2) is 16.9. The van der Waals surface area contributed by atoms with E-state index in [0.29, 0.717) is 30.8 Å². The Hall–Kier alpha value is 0.369. The Morgan fingerprint density at radius 1 is 0.774 bits per heavy atom. The summed E-state index contributed by atoms with van der Waals surface area (Å²) in [5, 5.41) is 18.7.